The minimum absolute atomic E-state index is 0.0801. The second-order valence-electron chi connectivity index (χ2n) is 6.61. The number of nitrogens with one attached hydrogen (secondary N) is 3. The van der Waals surface area contributed by atoms with Crippen molar-refractivity contribution in [3.05, 3.63) is 34.1 Å². The van der Waals surface area contributed by atoms with E-state index in [1.165, 1.54) is 6.07 Å². The Morgan fingerprint density at radius 1 is 1.31 bits per heavy atom. The maximum atomic E-state index is 13.1. The van der Waals surface area contributed by atoms with E-state index in [1.807, 2.05) is 12.0 Å². The van der Waals surface area contributed by atoms with Gasteiger partial charge in [-0.2, -0.15) is 18.3 Å². The summed E-state index contributed by atoms with van der Waals surface area (Å²) < 4.78 is 39.6. The molecule has 1 aliphatic rings. The lowest BCUT2D eigenvalue weighted by Crippen LogP contribution is -2.45. The van der Waals surface area contributed by atoms with Crippen molar-refractivity contribution >= 4 is 21.6 Å². The van der Waals surface area contributed by atoms with Gasteiger partial charge in [-0.1, -0.05) is 0 Å². The van der Waals surface area contributed by atoms with Gasteiger partial charge in [0.25, 0.3) is 5.56 Å². The summed E-state index contributed by atoms with van der Waals surface area (Å²) in [5.74, 6) is 0.516. The van der Waals surface area contributed by atoms with Gasteiger partial charge < -0.3 is 10.3 Å². The molecule has 3 aromatic rings. The number of fused-ring (bicyclic) bond motifs is 1. The maximum absolute atomic E-state index is 13.1. The van der Waals surface area contributed by atoms with Gasteiger partial charge in [-0.15, -0.1) is 11.3 Å². The molecule has 10 heteroatoms. The summed E-state index contributed by atoms with van der Waals surface area (Å²) in [5.41, 5.74) is -1.40. The molecule has 0 spiro atoms. The third kappa shape index (κ3) is 2.82. The molecule has 6 nitrogen and oxygen atoms in total. The average Bonchev–Trinajstić information content (AvgIpc) is 3.21. The Morgan fingerprint density at radius 3 is 2.81 bits per heavy atom. The Balaban J connectivity index is 1.83. The number of piperidine rings is 1. The van der Waals surface area contributed by atoms with Crippen LogP contribution in [0.1, 0.15) is 37.7 Å². The molecule has 0 aliphatic carbocycles. The first-order chi connectivity index (χ1) is 12.3. The molecule has 1 aliphatic heterocycles. The predicted octanol–water partition coefficient (Wildman–Crippen LogP) is 3.38. The summed E-state index contributed by atoms with van der Waals surface area (Å²) in [6, 6.07) is 1.52. The number of rotatable bonds is 2. The van der Waals surface area contributed by atoms with Crippen LogP contribution in [0.3, 0.4) is 0 Å². The number of H-pyrrole nitrogens is 2. The summed E-state index contributed by atoms with van der Waals surface area (Å²) >= 11 is 0.980. The topological polar surface area (TPSA) is 86.5 Å². The summed E-state index contributed by atoms with van der Waals surface area (Å²) in [7, 11) is 0. The first-order valence-electron chi connectivity index (χ1n) is 8.18. The van der Waals surface area contributed by atoms with Crippen molar-refractivity contribution in [2.45, 2.75) is 37.9 Å². The van der Waals surface area contributed by atoms with Crippen molar-refractivity contribution in [1.82, 2.24) is 25.5 Å². The number of thiophene rings is 1. The molecule has 4 rings (SSSR count). The van der Waals surface area contributed by atoms with Gasteiger partial charge in [0.1, 0.15) is 16.2 Å². The van der Waals surface area contributed by atoms with Crippen molar-refractivity contribution in [3.8, 4) is 10.4 Å². The highest BCUT2D eigenvalue weighted by atomic mass is 32.1. The Labute approximate surface area is 149 Å². The van der Waals surface area contributed by atoms with E-state index in [2.05, 4.69) is 20.4 Å². The number of nitrogens with zero attached hydrogens (tertiary/aromatic N) is 2. The molecule has 138 valence electrons. The zero-order chi connectivity index (χ0) is 18.5. The van der Waals surface area contributed by atoms with Crippen molar-refractivity contribution in [3.63, 3.8) is 0 Å². The molecule has 0 saturated carbocycles. The van der Waals surface area contributed by atoms with Gasteiger partial charge in [0, 0.05) is 10.4 Å². The highest BCUT2D eigenvalue weighted by molar-refractivity contribution is 7.22. The van der Waals surface area contributed by atoms with Gasteiger partial charge in [0.05, 0.1) is 17.3 Å². The van der Waals surface area contributed by atoms with Crippen LogP contribution in [0.25, 0.3) is 20.7 Å². The van der Waals surface area contributed by atoms with Crippen LogP contribution in [-0.2, 0) is 11.7 Å². The molecule has 0 bridgehead atoms. The fourth-order valence-corrected chi connectivity index (χ4v) is 4.29. The van der Waals surface area contributed by atoms with Crippen molar-refractivity contribution in [1.29, 1.82) is 0 Å². The summed E-state index contributed by atoms with van der Waals surface area (Å²) in [6.07, 6.45) is -0.521. The van der Waals surface area contributed by atoms with Gasteiger partial charge in [0.15, 0.2) is 0 Å². The van der Waals surface area contributed by atoms with Crippen LogP contribution >= 0.6 is 11.3 Å². The van der Waals surface area contributed by atoms with E-state index in [0.29, 0.717) is 20.9 Å². The summed E-state index contributed by atoms with van der Waals surface area (Å²) in [5, 5.41) is 8.87. The molecular formula is C16H16F3N5OS. The fourth-order valence-electron chi connectivity index (χ4n) is 3.28. The van der Waals surface area contributed by atoms with Crippen LogP contribution in [0.5, 0.6) is 0 Å². The molecule has 1 fully saturated rings. The van der Waals surface area contributed by atoms with E-state index >= 15 is 0 Å². The highest BCUT2D eigenvalue weighted by Crippen LogP contribution is 2.39. The number of halogens is 3. The van der Waals surface area contributed by atoms with E-state index in [1.54, 1.807) is 0 Å². The second kappa shape index (κ2) is 5.92. The number of aromatic nitrogens is 4. The summed E-state index contributed by atoms with van der Waals surface area (Å²) in [6.45, 7) is 2.80. The quantitative estimate of drug-likeness (QED) is 0.633. The zero-order valence-electron chi connectivity index (χ0n) is 13.8. The third-order valence-electron chi connectivity index (χ3n) is 4.71. The lowest BCUT2D eigenvalue weighted by Gasteiger charge is -2.33. The predicted molar refractivity (Wildman–Crippen MR) is 92.0 cm³/mol. The van der Waals surface area contributed by atoms with E-state index in [-0.39, 0.29) is 11.1 Å². The van der Waals surface area contributed by atoms with E-state index in [4.69, 9.17) is 0 Å². The molecule has 0 unspecified atom stereocenters. The number of alkyl halides is 3. The number of hydrogen-bond donors (Lipinski definition) is 3. The minimum Gasteiger partial charge on any atom is -0.308 e. The van der Waals surface area contributed by atoms with Crippen LogP contribution < -0.4 is 10.9 Å². The van der Waals surface area contributed by atoms with Crippen LogP contribution in [-0.4, -0.2) is 26.7 Å². The first-order valence-corrected chi connectivity index (χ1v) is 9.00. The lowest BCUT2D eigenvalue weighted by atomic mass is 9.90. The van der Waals surface area contributed by atoms with Gasteiger partial charge in [-0.3, -0.25) is 9.89 Å². The normalized spacial score (nSPS) is 21.4. The van der Waals surface area contributed by atoms with Gasteiger partial charge in [-0.25, -0.2) is 4.98 Å². The maximum Gasteiger partial charge on any atom is 0.433 e. The highest BCUT2D eigenvalue weighted by Gasteiger charge is 2.36. The number of aromatic amines is 2. The van der Waals surface area contributed by atoms with Crippen molar-refractivity contribution < 1.29 is 13.2 Å². The molecule has 4 heterocycles. The monoisotopic (exact) mass is 383 g/mol. The molecule has 26 heavy (non-hydrogen) atoms. The minimum atomic E-state index is -4.55. The largest absolute Gasteiger partial charge is 0.433 e. The number of hydrogen-bond acceptors (Lipinski definition) is 5. The molecule has 0 radical (unpaired) electrons. The SMILES string of the molecule is C[C@@]1(c2nc3cc(-c4cn[nH]c4C(F)(F)F)sc3c(=O)[nH]2)CCCCN1. The smallest absolute Gasteiger partial charge is 0.308 e. The molecule has 1 saturated heterocycles. The van der Waals surface area contributed by atoms with Crippen LogP contribution in [0.4, 0.5) is 13.2 Å². The van der Waals surface area contributed by atoms with E-state index in [0.717, 1.165) is 43.3 Å². The molecule has 1 atom stereocenters. The second-order valence-corrected chi connectivity index (χ2v) is 7.66. The van der Waals surface area contributed by atoms with E-state index < -0.39 is 17.4 Å². The lowest BCUT2D eigenvalue weighted by molar-refractivity contribution is -0.140. The average molecular weight is 383 g/mol. The van der Waals surface area contributed by atoms with Crippen molar-refractivity contribution in [2.24, 2.45) is 0 Å². The molecule has 0 amide bonds. The van der Waals surface area contributed by atoms with E-state index in [9.17, 15) is 18.0 Å². The molecule has 3 aromatic heterocycles. The fraction of sp³-hybridized carbons (Fsp3) is 0.438. The van der Waals surface area contributed by atoms with Crippen LogP contribution in [0.2, 0.25) is 0 Å². The van der Waals surface area contributed by atoms with Crippen LogP contribution in [0, 0.1) is 0 Å². The van der Waals surface area contributed by atoms with Crippen LogP contribution in [0.15, 0.2) is 17.1 Å². The van der Waals surface area contributed by atoms with Gasteiger partial charge >= 0.3 is 6.18 Å². The molecule has 3 N–H and O–H groups in total. The Hall–Kier alpha value is -2.20. The van der Waals surface area contributed by atoms with Gasteiger partial charge in [-0.05, 0) is 38.8 Å². The standard InChI is InChI=1S/C16H16F3N5OS/c1-15(4-2-3-5-20-15)14-22-9-6-10(26-11(9)13(25)23-14)8-7-21-24-12(8)16(17,18)19/h6-7,20H,2-5H2,1H3,(H,21,24)(H,22,23,25)/t15-/m0/s1. The van der Waals surface area contributed by atoms with Gasteiger partial charge in [0.2, 0.25) is 0 Å². The Morgan fingerprint density at radius 2 is 2.12 bits per heavy atom. The first kappa shape index (κ1) is 17.2. The zero-order valence-corrected chi connectivity index (χ0v) is 14.6. The molecular weight excluding hydrogens is 367 g/mol. The van der Waals surface area contributed by atoms with Crippen molar-refractivity contribution in [2.75, 3.05) is 6.54 Å². The molecule has 0 aromatic carbocycles. The third-order valence-corrected chi connectivity index (χ3v) is 5.87. The summed E-state index contributed by atoms with van der Waals surface area (Å²) in [4.78, 5) is 20.1. The Kier molecular flexibility index (Phi) is 3.92. The Bertz CT molecular complexity index is 1010.